The van der Waals surface area contributed by atoms with Crippen molar-refractivity contribution in [2.45, 2.75) is 0 Å². The lowest BCUT2D eigenvalue weighted by Gasteiger charge is -2.07. The van der Waals surface area contributed by atoms with Crippen LogP contribution in [-0.4, -0.2) is 25.4 Å². The molecule has 7 heteroatoms. The van der Waals surface area contributed by atoms with E-state index < -0.39 is 4.92 Å². The van der Waals surface area contributed by atoms with Crippen LogP contribution in [0.3, 0.4) is 0 Å². The highest BCUT2D eigenvalue weighted by Crippen LogP contribution is 2.23. The predicted molar refractivity (Wildman–Crippen MR) is 83.9 cm³/mol. The van der Waals surface area contributed by atoms with Crippen LogP contribution >= 0.6 is 0 Å². The smallest absolute Gasteiger partial charge is 0.271 e. The van der Waals surface area contributed by atoms with Crippen molar-refractivity contribution in [2.75, 3.05) is 19.6 Å². The third-order valence-electron chi connectivity index (χ3n) is 2.89. The van der Waals surface area contributed by atoms with Crippen LogP contribution in [0.25, 0.3) is 0 Å². The predicted octanol–water partition coefficient (Wildman–Crippen LogP) is 3.06. The molecule has 0 saturated heterocycles. The SMILES string of the molecule is COc1ccc(/C=N\Nc2cccc([N+](=O)[O-])c2)c(OC)c1. The molecule has 22 heavy (non-hydrogen) atoms. The molecule has 1 N–H and O–H groups in total. The lowest BCUT2D eigenvalue weighted by atomic mass is 10.2. The van der Waals surface area contributed by atoms with Gasteiger partial charge in [0.05, 0.1) is 31.0 Å². The van der Waals surface area contributed by atoms with Crippen molar-refractivity contribution >= 4 is 17.6 Å². The minimum Gasteiger partial charge on any atom is -0.497 e. The second kappa shape index (κ2) is 7.07. The number of non-ortho nitro benzene ring substituents is 1. The van der Waals surface area contributed by atoms with Crippen molar-refractivity contribution in [3.8, 4) is 11.5 Å². The Hall–Kier alpha value is -3.09. The minimum absolute atomic E-state index is 0.00206. The van der Waals surface area contributed by atoms with E-state index in [-0.39, 0.29) is 5.69 Å². The van der Waals surface area contributed by atoms with Gasteiger partial charge in [0.25, 0.3) is 5.69 Å². The Bertz CT molecular complexity index is 701. The van der Waals surface area contributed by atoms with E-state index in [1.165, 1.54) is 12.1 Å². The van der Waals surface area contributed by atoms with Gasteiger partial charge in [-0.15, -0.1) is 0 Å². The number of nitrogens with one attached hydrogen (secondary N) is 1. The number of hydrogen-bond donors (Lipinski definition) is 1. The number of hydrogen-bond acceptors (Lipinski definition) is 6. The van der Waals surface area contributed by atoms with Crippen LogP contribution < -0.4 is 14.9 Å². The van der Waals surface area contributed by atoms with Gasteiger partial charge < -0.3 is 9.47 Å². The van der Waals surface area contributed by atoms with Crippen molar-refractivity contribution in [1.29, 1.82) is 0 Å². The van der Waals surface area contributed by atoms with E-state index in [2.05, 4.69) is 10.5 Å². The molecule has 0 atom stereocenters. The lowest BCUT2D eigenvalue weighted by Crippen LogP contribution is -1.95. The molecule has 0 aliphatic rings. The van der Waals surface area contributed by atoms with Gasteiger partial charge in [0.1, 0.15) is 11.5 Å². The topological polar surface area (TPSA) is 86.0 Å². The average Bonchev–Trinajstić information content (AvgIpc) is 2.55. The summed E-state index contributed by atoms with van der Waals surface area (Å²) in [4.78, 5) is 10.2. The molecule has 0 amide bonds. The number of methoxy groups -OCH3 is 2. The summed E-state index contributed by atoms with van der Waals surface area (Å²) in [6.07, 6.45) is 1.57. The number of ether oxygens (including phenoxy) is 2. The zero-order valence-electron chi connectivity index (χ0n) is 12.1. The van der Waals surface area contributed by atoms with E-state index in [1.54, 1.807) is 50.8 Å². The maximum atomic E-state index is 10.7. The molecule has 114 valence electrons. The Balaban J connectivity index is 2.12. The normalized spacial score (nSPS) is 10.5. The fraction of sp³-hybridized carbons (Fsp3) is 0.133. The molecule has 0 heterocycles. The van der Waals surface area contributed by atoms with Crippen LogP contribution in [-0.2, 0) is 0 Å². The zero-order valence-corrected chi connectivity index (χ0v) is 12.1. The van der Waals surface area contributed by atoms with Crippen LogP contribution in [0.5, 0.6) is 11.5 Å². The first-order chi connectivity index (χ1) is 10.6. The van der Waals surface area contributed by atoms with Crippen LogP contribution in [0.1, 0.15) is 5.56 Å². The first-order valence-electron chi connectivity index (χ1n) is 6.39. The van der Waals surface area contributed by atoms with Gasteiger partial charge in [0.2, 0.25) is 0 Å². The highest BCUT2D eigenvalue weighted by atomic mass is 16.6. The monoisotopic (exact) mass is 301 g/mol. The van der Waals surface area contributed by atoms with E-state index >= 15 is 0 Å². The largest absolute Gasteiger partial charge is 0.497 e. The third-order valence-corrected chi connectivity index (χ3v) is 2.89. The summed E-state index contributed by atoms with van der Waals surface area (Å²) in [5, 5.41) is 14.8. The number of benzene rings is 2. The first kappa shape index (κ1) is 15.3. The molecule has 0 radical (unpaired) electrons. The van der Waals surface area contributed by atoms with Crippen LogP contribution in [0.2, 0.25) is 0 Å². The maximum absolute atomic E-state index is 10.7. The fourth-order valence-electron chi connectivity index (χ4n) is 1.79. The molecular weight excluding hydrogens is 286 g/mol. The van der Waals surface area contributed by atoms with E-state index in [4.69, 9.17) is 9.47 Å². The van der Waals surface area contributed by atoms with Gasteiger partial charge in [0, 0.05) is 23.8 Å². The number of nitrogens with zero attached hydrogens (tertiary/aromatic N) is 2. The van der Waals surface area contributed by atoms with Crippen LogP contribution in [0, 0.1) is 10.1 Å². The number of anilines is 1. The molecule has 0 aliphatic carbocycles. The van der Waals surface area contributed by atoms with Crippen molar-refractivity contribution in [2.24, 2.45) is 5.10 Å². The van der Waals surface area contributed by atoms with Crippen molar-refractivity contribution < 1.29 is 14.4 Å². The quantitative estimate of drug-likeness (QED) is 0.503. The van der Waals surface area contributed by atoms with Gasteiger partial charge in [-0.1, -0.05) is 6.07 Å². The highest BCUT2D eigenvalue weighted by molar-refractivity contribution is 5.84. The first-order valence-corrected chi connectivity index (χ1v) is 6.39. The number of hydrazone groups is 1. The van der Waals surface area contributed by atoms with Crippen LogP contribution in [0.4, 0.5) is 11.4 Å². The Kier molecular flexibility index (Phi) is 4.92. The molecule has 0 fully saturated rings. The molecule has 0 aliphatic heterocycles. The van der Waals surface area contributed by atoms with E-state index in [0.717, 1.165) is 5.56 Å². The Morgan fingerprint density at radius 1 is 1.18 bits per heavy atom. The zero-order chi connectivity index (χ0) is 15.9. The van der Waals surface area contributed by atoms with E-state index in [9.17, 15) is 10.1 Å². The van der Waals surface area contributed by atoms with Gasteiger partial charge in [-0.3, -0.25) is 15.5 Å². The Morgan fingerprint density at radius 2 is 2.00 bits per heavy atom. The number of nitro benzene ring substituents is 1. The van der Waals surface area contributed by atoms with Gasteiger partial charge in [-0.05, 0) is 18.2 Å². The van der Waals surface area contributed by atoms with Gasteiger partial charge in [0.15, 0.2) is 0 Å². The standard InChI is InChI=1S/C15H15N3O4/c1-21-14-7-6-11(15(9-14)22-2)10-16-17-12-4-3-5-13(8-12)18(19)20/h3-10,17H,1-2H3/b16-10-. The summed E-state index contributed by atoms with van der Waals surface area (Å²) in [6, 6.07) is 11.4. The summed E-state index contributed by atoms with van der Waals surface area (Å²) in [5.41, 5.74) is 4.03. The summed E-state index contributed by atoms with van der Waals surface area (Å²) >= 11 is 0. The average molecular weight is 301 g/mol. The molecule has 0 spiro atoms. The maximum Gasteiger partial charge on any atom is 0.271 e. The fourth-order valence-corrected chi connectivity index (χ4v) is 1.79. The number of nitro groups is 1. The van der Waals surface area contributed by atoms with E-state index in [1.807, 2.05) is 0 Å². The number of rotatable bonds is 6. The Morgan fingerprint density at radius 3 is 2.68 bits per heavy atom. The van der Waals surface area contributed by atoms with Crippen molar-refractivity contribution in [3.05, 3.63) is 58.1 Å². The van der Waals surface area contributed by atoms with Crippen molar-refractivity contribution in [3.63, 3.8) is 0 Å². The second-order valence-corrected chi connectivity index (χ2v) is 4.29. The summed E-state index contributed by atoms with van der Waals surface area (Å²) in [5.74, 6) is 1.30. The second-order valence-electron chi connectivity index (χ2n) is 4.29. The molecular formula is C15H15N3O4. The Labute approximate surface area is 127 Å². The molecule has 2 rings (SSSR count). The summed E-state index contributed by atoms with van der Waals surface area (Å²) < 4.78 is 10.4. The van der Waals surface area contributed by atoms with Crippen molar-refractivity contribution in [1.82, 2.24) is 0 Å². The van der Waals surface area contributed by atoms with E-state index in [0.29, 0.717) is 17.2 Å². The molecule has 2 aromatic carbocycles. The van der Waals surface area contributed by atoms with Gasteiger partial charge >= 0.3 is 0 Å². The summed E-state index contributed by atoms with van der Waals surface area (Å²) in [6.45, 7) is 0. The van der Waals surface area contributed by atoms with Gasteiger partial charge in [-0.25, -0.2) is 0 Å². The molecule has 0 saturated carbocycles. The molecule has 0 aromatic heterocycles. The highest BCUT2D eigenvalue weighted by Gasteiger charge is 2.05. The summed E-state index contributed by atoms with van der Waals surface area (Å²) in [7, 11) is 3.13. The molecule has 0 unspecified atom stereocenters. The van der Waals surface area contributed by atoms with Gasteiger partial charge in [-0.2, -0.15) is 5.10 Å². The molecule has 0 bridgehead atoms. The van der Waals surface area contributed by atoms with Crippen LogP contribution in [0.15, 0.2) is 47.6 Å². The molecule has 2 aromatic rings. The minimum atomic E-state index is -0.457. The third kappa shape index (κ3) is 3.72. The lowest BCUT2D eigenvalue weighted by molar-refractivity contribution is -0.384. The molecule has 7 nitrogen and oxygen atoms in total.